The lowest BCUT2D eigenvalue weighted by Crippen LogP contribution is -2.18. The molecule has 2 unspecified atom stereocenters. The molecule has 176 valence electrons. The molecule has 0 saturated heterocycles. The number of nitrogens with zero attached hydrogens (tertiary/aromatic N) is 2. The van der Waals surface area contributed by atoms with Gasteiger partial charge in [-0.25, -0.2) is 0 Å². The van der Waals surface area contributed by atoms with Crippen LogP contribution in [0.4, 0.5) is 0 Å². The highest BCUT2D eigenvalue weighted by Gasteiger charge is 2.25. The number of aromatic nitrogens is 2. The van der Waals surface area contributed by atoms with Gasteiger partial charge in [-0.2, -0.15) is 5.10 Å². The number of rotatable bonds is 10. The van der Waals surface area contributed by atoms with Crippen molar-refractivity contribution in [1.82, 2.24) is 9.78 Å². The monoisotopic (exact) mass is 490 g/mol. The Morgan fingerprint density at radius 3 is 2.39 bits per heavy atom. The number of halogens is 2. The molecular formula is C25H28Cl2N2O4. The Morgan fingerprint density at radius 2 is 1.73 bits per heavy atom. The third-order valence-electron chi connectivity index (χ3n) is 5.45. The van der Waals surface area contributed by atoms with Gasteiger partial charge in [-0.3, -0.25) is 9.48 Å². The maximum Gasteiger partial charge on any atom is 0.195 e. The van der Waals surface area contributed by atoms with Crippen molar-refractivity contribution in [3.8, 4) is 17.0 Å². The SMILES string of the molecule is COC(C)COc1c(-c2ccc(Cl)cc2C(=O)c2ccccc2Cl)nn(CC(C)OC)c1C. The van der Waals surface area contributed by atoms with Gasteiger partial charge in [-0.05, 0) is 45.0 Å². The fraction of sp³-hybridized carbons (Fsp3) is 0.360. The van der Waals surface area contributed by atoms with Gasteiger partial charge >= 0.3 is 0 Å². The molecule has 0 fully saturated rings. The van der Waals surface area contributed by atoms with Crippen LogP contribution in [0.15, 0.2) is 42.5 Å². The summed E-state index contributed by atoms with van der Waals surface area (Å²) in [6, 6.07) is 12.1. The molecule has 0 saturated carbocycles. The third-order valence-corrected chi connectivity index (χ3v) is 6.01. The Morgan fingerprint density at radius 1 is 1.03 bits per heavy atom. The van der Waals surface area contributed by atoms with E-state index in [1.54, 1.807) is 56.7 Å². The van der Waals surface area contributed by atoms with E-state index in [4.69, 9.17) is 42.5 Å². The maximum absolute atomic E-state index is 13.5. The Labute approximate surface area is 204 Å². The van der Waals surface area contributed by atoms with Crippen molar-refractivity contribution in [1.29, 1.82) is 0 Å². The molecule has 0 spiro atoms. The molecule has 1 heterocycles. The minimum absolute atomic E-state index is 0.0587. The minimum atomic E-state index is -0.244. The van der Waals surface area contributed by atoms with Crippen molar-refractivity contribution >= 4 is 29.0 Å². The molecule has 0 aliphatic carbocycles. The molecular weight excluding hydrogens is 463 g/mol. The molecule has 6 nitrogen and oxygen atoms in total. The molecule has 3 rings (SSSR count). The number of ether oxygens (including phenoxy) is 3. The van der Waals surface area contributed by atoms with Gasteiger partial charge in [0.25, 0.3) is 0 Å². The van der Waals surface area contributed by atoms with Crippen molar-refractivity contribution in [2.75, 3.05) is 20.8 Å². The van der Waals surface area contributed by atoms with Gasteiger partial charge in [0, 0.05) is 35.9 Å². The second-order valence-corrected chi connectivity index (χ2v) is 8.69. The summed E-state index contributed by atoms with van der Waals surface area (Å²) in [5.74, 6) is 0.338. The zero-order chi connectivity index (χ0) is 24.1. The molecule has 0 amide bonds. The first-order valence-electron chi connectivity index (χ1n) is 10.6. The van der Waals surface area contributed by atoms with Crippen LogP contribution in [0.5, 0.6) is 5.75 Å². The Hall–Kier alpha value is -2.38. The molecule has 0 bridgehead atoms. The third kappa shape index (κ3) is 5.76. The van der Waals surface area contributed by atoms with E-state index in [0.717, 1.165) is 5.69 Å². The summed E-state index contributed by atoms with van der Waals surface area (Å²) in [6.45, 7) is 6.67. The topological polar surface area (TPSA) is 62.6 Å². The van der Waals surface area contributed by atoms with Gasteiger partial charge in [0.2, 0.25) is 0 Å². The van der Waals surface area contributed by atoms with Gasteiger partial charge in [0.1, 0.15) is 12.3 Å². The molecule has 1 aromatic heterocycles. The first-order chi connectivity index (χ1) is 15.8. The number of hydrogen-bond donors (Lipinski definition) is 0. The van der Waals surface area contributed by atoms with Crippen LogP contribution in [0.3, 0.4) is 0 Å². The second-order valence-electron chi connectivity index (χ2n) is 7.85. The second kappa shape index (κ2) is 11.2. The Balaban J connectivity index is 2.15. The van der Waals surface area contributed by atoms with E-state index in [2.05, 4.69) is 0 Å². The van der Waals surface area contributed by atoms with Crippen LogP contribution in [0.1, 0.15) is 35.5 Å². The van der Waals surface area contributed by atoms with Crippen LogP contribution in [0.2, 0.25) is 10.0 Å². The maximum atomic E-state index is 13.5. The molecule has 0 radical (unpaired) electrons. The standard InChI is InChI=1S/C25H28Cl2N2O4/c1-15(31-4)13-29-17(3)25(33-14-16(2)32-5)23(28-29)19-11-10-18(26)12-21(19)24(30)20-8-6-7-9-22(20)27/h6-12,15-16H,13-14H2,1-5H3. The summed E-state index contributed by atoms with van der Waals surface area (Å²) >= 11 is 12.6. The largest absolute Gasteiger partial charge is 0.487 e. The predicted molar refractivity (Wildman–Crippen MR) is 131 cm³/mol. The first-order valence-corrected chi connectivity index (χ1v) is 11.4. The molecule has 8 heteroatoms. The van der Waals surface area contributed by atoms with Crippen molar-refractivity contribution < 1.29 is 19.0 Å². The van der Waals surface area contributed by atoms with E-state index < -0.39 is 0 Å². The van der Waals surface area contributed by atoms with E-state index in [0.29, 0.717) is 51.3 Å². The average molecular weight is 491 g/mol. The van der Waals surface area contributed by atoms with Crippen molar-refractivity contribution in [3.05, 3.63) is 69.3 Å². The number of benzene rings is 2. The normalized spacial score (nSPS) is 13.1. The highest BCUT2D eigenvalue weighted by molar-refractivity contribution is 6.35. The summed E-state index contributed by atoms with van der Waals surface area (Å²) in [4.78, 5) is 13.5. The van der Waals surface area contributed by atoms with Crippen molar-refractivity contribution in [2.45, 2.75) is 39.5 Å². The number of carbonyl (C=O) groups excluding carboxylic acids is 1. The van der Waals surface area contributed by atoms with E-state index in [9.17, 15) is 4.79 Å². The zero-order valence-corrected chi connectivity index (χ0v) is 20.9. The highest BCUT2D eigenvalue weighted by Crippen LogP contribution is 2.37. The Kier molecular flexibility index (Phi) is 8.54. The van der Waals surface area contributed by atoms with Crippen LogP contribution < -0.4 is 4.74 Å². The first kappa shape index (κ1) is 25.2. The van der Waals surface area contributed by atoms with Crippen LogP contribution in [-0.2, 0) is 16.0 Å². The zero-order valence-electron chi connectivity index (χ0n) is 19.4. The Bertz CT molecular complexity index is 1130. The number of carbonyl (C=O) groups is 1. The number of methoxy groups -OCH3 is 2. The van der Waals surface area contributed by atoms with Crippen molar-refractivity contribution in [3.63, 3.8) is 0 Å². The van der Waals surface area contributed by atoms with Crippen LogP contribution >= 0.6 is 23.2 Å². The predicted octanol–water partition coefficient (Wildman–Crippen LogP) is 5.84. The van der Waals surface area contributed by atoms with Crippen molar-refractivity contribution in [2.24, 2.45) is 0 Å². The molecule has 0 aliphatic rings. The number of hydrogen-bond acceptors (Lipinski definition) is 5. The molecule has 3 aromatic rings. The minimum Gasteiger partial charge on any atom is -0.487 e. The van der Waals surface area contributed by atoms with Gasteiger partial charge in [-0.1, -0.05) is 41.4 Å². The molecule has 2 aromatic carbocycles. The number of ketones is 1. The van der Waals surface area contributed by atoms with Crippen LogP contribution in [0.25, 0.3) is 11.3 Å². The van der Waals surface area contributed by atoms with E-state index >= 15 is 0 Å². The quantitative estimate of drug-likeness (QED) is 0.333. The summed E-state index contributed by atoms with van der Waals surface area (Å²) in [5.41, 5.74) is 2.76. The lowest BCUT2D eigenvalue weighted by Gasteiger charge is -2.14. The van der Waals surface area contributed by atoms with Crippen LogP contribution in [0, 0.1) is 6.92 Å². The molecule has 2 atom stereocenters. The summed E-state index contributed by atoms with van der Waals surface area (Å²) < 4.78 is 18.7. The van der Waals surface area contributed by atoms with Gasteiger partial charge in [-0.15, -0.1) is 0 Å². The van der Waals surface area contributed by atoms with Gasteiger partial charge in [0.15, 0.2) is 11.5 Å². The van der Waals surface area contributed by atoms with Gasteiger partial charge < -0.3 is 14.2 Å². The van der Waals surface area contributed by atoms with Crippen LogP contribution in [-0.4, -0.2) is 48.6 Å². The van der Waals surface area contributed by atoms with E-state index in [1.807, 2.05) is 25.5 Å². The fourth-order valence-corrected chi connectivity index (χ4v) is 3.74. The lowest BCUT2D eigenvalue weighted by molar-refractivity contribution is 0.0713. The van der Waals surface area contributed by atoms with Gasteiger partial charge in [0.05, 0.1) is 29.5 Å². The van der Waals surface area contributed by atoms with E-state index in [-0.39, 0.29) is 18.0 Å². The summed E-state index contributed by atoms with van der Waals surface area (Å²) in [7, 11) is 3.28. The average Bonchev–Trinajstić information content (AvgIpc) is 3.11. The smallest absolute Gasteiger partial charge is 0.195 e. The summed E-state index contributed by atoms with van der Waals surface area (Å²) in [6.07, 6.45) is -0.176. The molecule has 33 heavy (non-hydrogen) atoms. The fourth-order valence-electron chi connectivity index (χ4n) is 3.34. The lowest BCUT2D eigenvalue weighted by atomic mass is 9.96. The molecule has 0 N–H and O–H groups in total. The highest BCUT2D eigenvalue weighted by atomic mass is 35.5. The van der Waals surface area contributed by atoms with E-state index in [1.165, 1.54) is 0 Å². The summed E-state index contributed by atoms with van der Waals surface area (Å²) in [5, 5.41) is 5.61. The molecule has 0 aliphatic heterocycles.